The van der Waals surface area contributed by atoms with Gasteiger partial charge >= 0.3 is 0 Å². The molecule has 0 aliphatic heterocycles. The first-order chi connectivity index (χ1) is 12.3. The number of ether oxygens (including phenoxy) is 3. The molecule has 0 saturated heterocycles. The highest BCUT2D eigenvalue weighted by molar-refractivity contribution is 5.65. The first kappa shape index (κ1) is 18.6. The lowest BCUT2D eigenvalue weighted by Gasteiger charge is -2.53. The van der Waals surface area contributed by atoms with E-state index in [2.05, 4.69) is 32.9 Å². The van der Waals surface area contributed by atoms with Crippen LogP contribution in [0, 0.1) is 20.8 Å². The van der Waals surface area contributed by atoms with Crippen LogP contribution in [0.25, 0.3) is 6.08 Å². The topological polar surface area (TPSA) is 47.9 Å². The monoisotopic (exact) mass is 354 g/mol. The third-order valence-corrected chi connectivity index (χ3v) is 5.29. The number of fused-ring (bicyclic) bond motifs is 1. The summed E-state index contributed by atoms with van der Waals surface area (Å²) in [7, 11) is 4.66. The van der Waals surface area contributed by atoms with Gasteiger partial charge in [-0.05, 0) is 49.6 Å². The van der Waals surface area contributed by atoms with Crippen molar-refractivity contribution in [3.8, 4) is 5.75 Å². The van der Waals surface area contributed by atoms with Crippen LogP contribution in [0.3, 0.4) is 0 Å². The fourth-order valence-electron chi connectivity index (χ4n) is 4.14. The van der Waals surface area contributed by atoms with E-state index in [0.717, 1.165) is 22.3 Å². The van der Waals surface area contributed by atoms with E-state index in [-0.39, 0.29) is 0 Å². The fourth-order valence-corrected chi connectivity index (χ4v) is 4.14. The molecule has 0 aromatic heterocycles. The predicted molar refractivity (Wildman–Crippen MR) is 102 cm³/mol. The maximum absolute atomic E-state index is 11.6. The third kappa shape index (κ3) is 2.41. The second-order valence-electron chi connectivity index (χ2n) is 6.82. The van der Waals surface area contributed by atoms with Gasteiger partial charge in [0.05, 0.1) is 7.11 Å². The number of methoxy groups -OCH3 is 3. The molecule has 1 atom stereocenters. The maximum atomic E-state index is 11.6. The highest BCUT2D eigenvalue weighted by atomic mass is 16.7. The molecule has 0 heterocycles. The van der Waals surface area contributed by atoms with Gasteiger partial charge in [-0.15, -0.1) is 0 Å². The molecule has 2 aromatic carbocycles. The number of rotatable bonds is 5. The number of aliphatic hydroxyl groups is 1. The molecule has 26 heavy (non-hydrogen) atoms. The second kappa shape index (κ2) is 6.54. The van der Waals surface area contributed by atoms with E-state index < -0.39 is 11.4 Å². The zero-order chi connectivity index (χ0) is 19.1. The summed E-state index contributed by atoms with van der Waals surface area (Å²) < 4.78 is 16.8. The van der Waals surface area contributed by atoms with E-state index in [0.29, 0.717) is 11.3 Å². The van der Waals surface area contributed by atoms with E-state index in [4.69, 9.17) is 14.2 Å². The van der Waals surface area contributed by atoms with Crippen LogP contribution in [0.1, 0.15) is 33.4 Å². The second-order valence-corrected chi connectivity index (χ2v) is 6.82. The molecule has 2 aromatic rings. The normalized spacial score (nSPS) is 20.7. The fraction of sp³-hybridized carbons (Fsp3) is 0.364. The molecule has 1 aliphatic carbocycles. The first-order valence-corrected chi connectivity index (χ1v) is 8.62. The van der Waals surface area contributed by atoms with Gasteiger partial charge in [0.2, 0.25) is 5.79 Å². The summed E-state index contributed by atoms with van der Waals surface area (Å²) in [5.41, 5.74) is 4.59. The van der Waals surface area contributed by atoms with Crippen LogP contribution in [0.15, 0.2) is 36.4 Å². The molecule has 1 unspecified atom stereocenters. The van der Waals surface area contributed by atoms with Gasteiger partial charge in [-0.25, -0.2) is 0 Å². The summed E-state index contributed by atoms with van der Waals surface area (Å²) in [5, 5.41) is 11.6. The van der Waals surface area contributed by atoms with E-state index in [1.807, 2.05) is 24.3 Å². The van der Waals surface area contributed by atoms with Gasteiger partial charge in [0, 0.05) is 25.3 Å². The molecule has 138 valence electrons. The zero-order valence-electron chi connectivity index (χ0n) is 16.2. The Morgan fingerprint density at radius 1 is 0.962 bits per heavy atom. The summed E-state index contributed by atoms with van der Waals surface area (Å²) in [4.78, 5) is 0. The van der Waals surface area contributed by atoms with Crippen molar-refractivity contribution in [1.82, 2.24) is 0 Å². The average Bonchev–Trinajstić information content (AvgIpc) is 2.61. The van der Waals surface area contributed by atoms with Crippen LogP contribution >= 0.6 is 0 Å². The minimum atomic E-state index is -1.46. The van der Waals surface area contributed by atoms with E-state index >= 15 is 0 Å². The summed E-state index contributed by atoms with van der Waals surface area (Å²) in [6.45, 7) is 6.22. The molecule has 4 heteroatoms. The molecule has 1 aliphatic rings. The predicted octanol–water partition coefficient (Wildman–Crippen LogP) is 3.98. The lowest BCUT2D eigenvalue weighted by atomic mass is 9.66. The number of aryl methyl sites for hydroxylation is 3. The SMILES string of the molecule is COc1cccc2c1C(O)(/C=C/c1c(C)cc(C)cc1C)C2(OC)OC. The van der Waals surface area contributed by atoms with Crippen LogP contribution in [0.2, 0.25) is 0 Å². The summed E-state index contributed by atoms with van der Waals surface area (Å²) in [5.74, 6) is -0.656. The van der Waals surface area contributed by atoms with Crippen molar-refractivity contribution in [2.24, 2.45) is 0 Å². The molecule has 0 amide bonds. The molecular formula is C22H26O4. The number of hydrogen-bond donors (Lipinski definition) is 1. The van der Waals surface area contributed by atoms with Crippen LogP contribution in [0.5, 0.6) is 5.75 Å². The Morgan fingerprint density at radius 3 is 2.12 bits per heavy atom. The van der Waals surface area contributed by atoms with Crippen molar-refractivity contribution in [2.45, 2.75) is 32.2 Å². The largest absolute Gasteiger partial charge is 0.496 e. The highest BCUT2D eigenvalue weighted by Crippen LogP contribution is 2.59. The van der Waals surface area contributed by atoms with Gasteiger partial charge in [0.25, 0.3) is 0 Å². The van der Waals surface area contributed by atoms with Gasteiger partial charge in [0.1, 0.15) is 5.75 Å². The van der Waals surface area contributed by atoms with Gasteiger partial charge in [-0.2, -0.15) is 0 Å². The molecule has 0 spiro atoms. The van der Waals surface area contributed by atoms with Gasteiger partial charge in [-0.3, -0.25) is 0 Å². The highest BCUT2D eigenvalue weighted by Gasteiger charge is 2.65. The van der Waals surface area contributed by atoms with Crippen molar-refractivity contribution in [2.75, 3.05) is 21.3 Å². The van der Waals surface area contributed by atoms with Gasteiger partial charge < -0.3 is 19.3 Å². The molecule has 0 fully saturated rings. The minimum Gasteiger partial charge on any atom is -0.496 e. The van der Waals surface area contributed by atoms with Gasteiger partial charge in [0.15, 0.2) is 5.60 Å². The van der Waals surface area contributed by atoms with E-state index in [1.165, 1.54) is 19.8 Å². The molecular weight excluding hydrogens is 328 g/mol. The van der Waals surface area contributed by atoms with Crippen LogP contribution < -0.4 is 4.74 Å². The van der Waals surface area contributed by atoms with Crippen molar-refractivity contribution in [1.29, 1.82) is 0 Å². The Bertz CT molecular complexity index is 841. The first-order valence-electron chi connectivity index (χ1n) is 8.62. The Balaban J connectivity index is 2.16. The third-order valence-electron chi connectivity index (χ3n) is 5.29. The molecule has 4 nitrogen and oxygen atoms in total. The Morgan fingerprint density at radius 2 is 1.58 bits per heavy atom. The summed E-state index contributed by atoms with van der Waals surface area (Å²) >= 11 is 0. The molecule has 0 saturated carbocycles. The summed E-state index contributed by atoms with van der Waals surface area (Å²) in [6.07, 6.45) is 3.68. The van der Waals surface area contributed by atoms with Crippen LogP contribution in [-0.2, 0) is 20.9 Å². The quantitative estimate of drug-likeness (QED) is 0.825. The summed E-state index contributed by atoms with van der Waals surface area (Å²) in [6, 6.07) is 9.84. The van der Waals surface area contributed by atoms with Crippen molar-refractivity contribution < 1.29 is 19.3 Å². The number of benzene rings is 2. The van der Waals surface area contributed by atoms with E-state index in [1.54, 1.807) is 13.2 Å². The Labute approximate surface area is 155 Å². The van der Waals surface area contributed by atoms with Crippen molar-refractivity contribution >= 4 is 6.08 Å². The minimum absolute atomic E-state index is 0.608. The zero-order valence-corrected chi connectivity index (χ0v) is 16.2. The van der Waals surface area contributed by atoms with Crippen LogP contribution in [0.4, 0.5) is 0 Å². The molecule has 1 N–H and O–H groups in total. The molecule has 3 rings (SSSR count). The standard InChI is InChI=1S/C22H26O4/c1-14-12-15(2)17(16(3)13-14)10-11-21(23)20-18(22(21,25-5)26-6)8-7-9-19(20)24-4/h7-13,23H,1-6H3/b11-10+. The average molecular weight is 354 g/mol. The van der Waals surface area contributed by atoms with Crippen LogP contribution in [-0.4, -0.2) is 26.4 Å². The lowest BCUT2D eigenvalue weighted by molar-refractivity contribution is -0.325. The molecule has 0 bridgehead atoms. The molecule has 0 radical (unpaired) electrons. The van der Waals surface area contributed by atoms with Crippen molar-refractivity contribution in [3.05, 3.63) is 69.8 Å². The maximum Gasteiger partial charge on any atom is 0.233 e. The smallest absolute Gasteiger partial charge is 0.233 e. The Kier molecular flexibility index (Phi) is 4.69. The lowest BCUT2D eigenvalue weighted by Crippen LogP contribution is -2.60. The van der Waals surface area contributed by atoms with E-state index in [9.17, 15) is 5.11 Å². The number of hydrogen-bond acceptors (Lipinski definition) is 4. The van der Waals surface area contributed by atoms with Crippen molar-refractivity contribution in [3.63, 3.8) is 0 Å². The Hall–Kier alpha value is -2.14. The van der Waals surface area contributed by atoms with Gasteiger partial charge in [-0.1, -0.05) is 35.9 Å².